The van der Waals surface area contributed by atoms with Crippen molar-refractivity contribution in [1.82, 2.24) is 4.90 Å². The van der Waals surface area contributed by atoms with Crippen LogP contribution in [0, 0.1) is 0 Å². The van der Waals surface area contributed by atoms with Crippen LogP contribution in [0.3, 0.4) is 0 Å². The average molecular weight is 324 g/mol. The molecular formula is C18H16N2O4. The molecule has 122 valence electrons. The summed E-state index contributed by atoms with van der Waals surface area (Å²) in [5, 5.41) is 2.72. The number of ether oxygens (including phenoxy) is 1. The van der Waals surface area contributed by atoms with E-state index in [0.29, 0.717) is 22.6 Å². The van der Waals surface area contributed by atoms with Gasteiger partial charge < -0.3 is 10.1 Å². The number of imide groups is 1. The third-order valence-corrected chi connectivity index (χ3v) is 3.79. The van der Waals surface area contributed by atoms with Gasteiger partial charge in [0.25, 0.3) is 11.8 Å². The van der Waals surface area contributed by atoms with Crippen molar-refractivity contribution in [2.75, 3.05) is 19.0 Å². The maximum atomic E-state index is 12.2. The Labute approximate surface area is 139 Å². The van der Waals surface area contributed by atoms with Crippen LogP contribution >= 0.6 is 0 Å². The summed E-state index contributed by atoms with van der Waals surface area (Å²) in [6.45, 7) is 0.0438. The van der Waals surface area contributed by atoms with Crippen LogP contribution in [0.25, 0.3) is 0 Å². The van der Waals surface area contributed by atoms with Crippen LogP contribution in [0.2, 0.25) is 0 Å². The molecule has 1 aliphatic heterocycles. The molecule has 1 N–H and O–H groups in total. The summed E-state index contributed by atoms with van der Waals surface area (Å²) in [7, 11) is 1.54. The molecule has 0 saturated heterocycles. The number of nitrogens with one attached hydrogen (secondary N) is 1. The molecule has 0 bridgehead atoms. The van der Waals surface area contributed by atoms with Gasteiger partial charge in [-0.3, -0.25) is 19.3 Å². The van der Waals surface area contributed by atoms with Gasteiger partial charge in [0.1, 0.15) is 5.75 Å². The summed E-state index contributed by atoms with van der Waals surface area (Å²) in [4.78, 5) is 37.6. The molecule has 0 radical (unpaired) electrons. The van der Waals surface area contributed by atoms with Gasteiger partial charge in [0.15, 0.2) is 0 Å². The molecule has 0 unspecified atom stereocenters. The van der Waals surface area contributed by atoms with E-state index in [1.165, 1.54) is 0 Å². The summed E-state index contributed by atoms with van der Waals surface area (Å²) >= 11 is 0. The van der Waals surface area contributed by atoms with Crippen LogP contribution in [0.1, 0.15) is 27.1 Å². The lowest BCUT2D eigenvalue weighted by atomic mass is 10.1. The van der Waals surface area contributed by atoms with Gasteiger partial charge in [0, 0.05) is 24.7 Å². The standard InChI is InChI=1S/C18H16N2O4/c1-24-13-6-4-5-12(11-13)19-16(21)9-10-20-17(22)14-7-2-3-8-15(14)18(20)23/h2-8,11H,9-10H2,1H3,(H,19,21). The number of anilines is 1. The van der Waals surface area contributed by atoms with Crippen LogP contribution in [0.4, 0.5) is 5.69 Å². The van der Waals surface area contributed by atoms with Crippen LogP contribution in [-0.2, 0) is 4.79 Å². The molecule has 0 aliphatic carbocycles. The third-order valence-electron chi connectivity index (χ3n) is 3.79. The largest absolute Gasteiger partial charge is 0.497 e. The second-order valence-electron chi connectivity index (χ2n) is 5.34. The Balaban J connectivity index is 1.61. The lowest BCUT2D eigenvalue weighted by molar-refractivity contribution is -0.116. The van der Waals surface area contributed by atoms with Gasteiger partial charge in [-0.25, -0.2) is 0 Å². The number of amides is 3. The molecule has 0 aromatic heterocycles. The molecule has 24 heavy (non-hydrogen) atoms. The van der Waals surface area contributed by atoms with E-state index in [-0.39, 0.29) is 30.7 Å². The van der Waals surface area contributed by atoms with Crippen molar-refractivity contribution in [2.45, 2.75) is 6.42 Å². The molecule has 2 aromatic rings. The molecule has 3 amide bonds. The third kappa shape index (κ3) is 2.99. The van der Waals surface area contributed by atoms with E-state index in [1.54, 1.807) is 55.6 Å². The number of carbonyl (C=O) groups is 3. The van der Waals surface area contributed by atoms with Crippen LogP contribution < -0.4 is 10.1 Å². The number of carbonyl (C=O) groups excluding carboxylic acids is 3. The van der Waals surface area contributed by atoms with Crippen molar-refractivity contribution >= 4 is 23.4 Å². The minimum Gasteiger partial charge on any atom is -0.497 e. The average Bonchev–Trinajstić information content (AvgIpc) is 2.84. The van der Waals surface area contributed by atoms with Gasteiger partial charge in [0.2, 0.25) is 5.91 Å². The zero-order chi connectivity index (χ0) is 17.1. The fraction of sp³-hybridized carbons (Fsp3) is 0.167. The first-order valence-corrected chi connectivity index (χ1v) is 7.49. The molecule has 0 spiro atoms. The predicted molar refractivity (Wildman–Crippen MR) is 88.0 cm³/mol. The number of rotatable bonds is 5. The van der Waals surface area contributed by atoms with E-state index in [4.69, 9.17) is 4.74 Å². The second-order valence-corrected chi connectivity index (χ2v) is 5.34. The van der Waals surface area contributed by atoms with Gasteiger partial charge in [0.05, 0.1) is 18.2 Å². The number of methoxy groups -OCH3 is 1. The quantitative estimate of drug-likeness (QED) is 0.857. The Bertz CT molecular complexity index is 781. The van der Waals surface area contributed by atoms with E-state index in [1.807, 2.05) is 0 Å². The lowest BCUT2D eigenvalue weighted by Gasteiger charge is -2.13. The van der Waals surface area contributed by atoms with Gasteiger partial charge >= 0.3 is 0 Å². The first-order valence-electron chi connectivity index (χ1n) is 7.49. The molecular weight excluding hydrogens is 308 g/mol. The zero-order valence-corrected chi connectivity index (χ0v) is 13.1. The Kier molecular flexibility index (Phi) is 4.29. The van der Waals surface area contributed by atoms with E-state index >= 15 is 0 Å². The normalized spacial score (nSPS) is 13.0. The topological polar surface area (TPSA) is 75.7 Å². The van der Waals surface area contributed by atoms with Gasteiger partial charge in [-0.1, -0.05) is 18.2 Å². The van der Waals surface area contributed by atoms with Crippen molar-refractivity contribution in [1.29, 1.82) is 0 Å². The van der Waals surface area contributed by atoms with Crippen molar-refractivity contribution in [3.05, 3.63) is 59.7 Å². The van der Waals surface area contributed by atoms with E-state index in [9.17, 15) is 14.4 Å². The summed E-state index contributed by atoms with van der Waals surface area (Å²) in [5.41, 5.74) is 1.37. The number of hydrogen-bond acceptors (Lipinski definition) is 4. The van der Waals surface area contributed by atoms with Crippen molar-refractivity contribution in [2.24, 2.45) is 0 Å². The molecule has 0 saturated carbocycles. The molecule has 6 heteroatoms. The van der Waals surface area contributed by atoms with Gasteiger partial charge in [-0.2, -0.15) is 0 Å². The summed E-state index contributed by atoms with van der Waals surface area (Å²) < 4.78 is 5.09. The summed E-state index contributed by atoms with van der Waals surface area (Å²) in [6.07, 6.45) is 0.0304. The Hall–Kier alpha value is -3.15. The maximum Gasteiger partial charge on any atom is 0.261 e. The first-order chi connectivity index (χ1) is 11.6. The second kappa shape index (κ2) is 6.54. The fourth-order valence-electron chi connectivity index (χ4n) is 2.58. The highest BCUT2D eigenvalue weighted by Gasteiger charge is 2.34. The lowest BCUT2D eigenvalue weighted by Crippen LogP contribution is -2.32. The van der Waals surface area contributed by atoms with Gasteiger partial charge in [-0.05, 0) is 24.3 Å². The van der Waals surface area contributed by atoms with Crippen LogP contribution in [-0.4, -0.2) is 36.3 Å². The Morgan fingerprint density at radius 1 is 1.04 bits per heavy atom. The molecule has 1 heterocycles. The number of benzene rings is 2. The van der Waals surface area contributed by atoms with E-state index in [2.05, 4.69) is 5.32 Å². The summed E-state index contributed by atoms with van der Waals surface area (Å²) in [5.74, 6) is -0.359. The first kappa shape index (κ1) is 15.7. The number of hydrogen-bond donors (Lipinski definition) is 1. The minimum absolute atomic E-state index is 0.0304. The van der Waals surface area contributed by atoms with Crippen molar-refractivity contribution in [3.8, 4) is 5.75 Å². The molecule has 2 aromatic carbocycles. The van der Waals surface area contributed by atoms with Crippen molar-refractivity contribution < 1.29 is 19.1 Å². The number of nitrogens with zero attached hydrogens (tertiary/aromatic N) is 1. The monoisotopic (exact) mass is 324 g/mol. The SMILES string of the molecule is COc1cccc(NC(=O)CCN2C(=O)c3ccccc3C2=O)c1. The molecule has 0 fully saturated rings. The molecule has 0 atom stereocenters. The molecule has 3 rings (SSSR count). The minimum atomic E-state index is -0.357. The highest BCUT2D eigenvalue weighted by Crippen LogP contribution is 2.22. The predicted octanol–water partition coefficient (Wildman–Crippen LogP) is 2.32. The zero-order valence-electron chi connectivity index (χ0n) is 13.1. The molecule has 6 nitrogen and oxygen atoms in total. The highest BCUT2D eigenvalue weighted by atomic mass is 16.5. The number of fused-ring (bicyclic) bond motifs is 1. The van der Waals surface area contributed by atoms with E-state index < -0.39 is 0 Å². The van der Waals surface area contributed by atoms with E-state index in [0.717, 1.165) is 4.90 Å². The van der Waals surface area contributed by atoms with Gasteiger partial charge in [-0.15, -0.1) is 0 Å². The maximum absolute atomic E-state index is 12.2. The Morgan fingerprint density at radius 3 is 2.33 bits per heavy atom. The van der Waals surface area contributed by atoms with Crippen LogP contribution in [0.15, 0.2) is 48.5 Å². The van der Waals surface area contributed by atoms with Crippen molar-refractivity contribution in [3.63, 3.8) is 0 Å². The Morgan fingerprint density at radius 2 is 1.71 bits per heavy atom. The van der Waals surface area contributed by atoms with Crippen LogP contribution in [0.5, 0.6) is 5.75 Å². The molecule has 1 aliphatic rings. The highest BCUT2D eigenvalue weighted by molar-refractivity contribution is 6.21. The fourth-order valence-corrected chi connectivity index (χ4v) is 2.58. The smallest absolute Gasteiger partial charge is 0.261 e. The summed E-state index contributed by atoms with van der Waals surface area (Å²) in [6, 6.07) is 13.6.